The van der Waals surface area contributed by atoms with Crippen LogP contribution < -0.4 is 0 Å². The molecule has 0 bridgehead atoms. The molecule has 0 aliphatic carbocycles. The van der Waals surface area contributed by atoms with Gasteiger partial charge in [0.05, 0.1) is 6.54 Å². The highest BCUT2D eigenvalue weighted by Crippen LogP contribution is 2.44. The van der Waals surface area contributed by atoms with Gasteiger partial charge in [0.15, 0.2) is 5.60 Å². The number of likely N-dealkylation sites (tertiary alicyclic amines) is 1. The summed E-state index contributed by atoms with van der Waals surface area (Å²) in [4.78, 5) is 4.15. The van der Waals surface area contributed by atoms with Crippen LogP contribution >= 0.6 is 0 Å². The first-order valence-electron chi connectivity index (χ1n) is 9.43. The molecular formula is C23H24N2O2. The van der Waals surface area contributed by atoms with Crippen molar-refractivity contribution in [3.63, 3.8) is 0 Å². The summed E-state index contributed by atoms with van der Waals surface area (Å²) in [6, 6.07) is 22.5. The Kier molecular flexibility index (Phi) is 4.79. The largest absolute Gasteiger partial charge is 0.632 e. The number of quaternary nitrogens is 1. The Balaban J connectivity index is 1.80. The fourth-order valence-electron chi connectivity index (χ4n) is 4.42. The second-order valence-corrected chi connectivity index (χ2v) is 7.35. The smallest absolute Gasteiger partial charge is 0.167 e. The lowest BCUT2D eigenvalue weighted by Crippen LogP contribution is -2.56. The van der Waals surface area contributed by atoms with E-state index in [-0.39, 0.29) is 0 Å². The summed E-state index contributed by atoms with van der Waals surface area (Å²) in [6.45, 7) is 0.821. The van der Waals surface area contributed by atoms with Crippen molar-refractivity contribution in [1.29, 1.82) is 0 Å². The van der Waals surface area contributed by atoms with Crippen LogP contribution in [-0.2, 0) is 12.1 Å². The zero-order valence-corrected chi connectivity index (χ0v) is 15.2. The Morgan fingerprint density at radius 1 is 0.963 bits per heavy atom. The zero-order chi connectivity index (χ0) is 18.7. The van der Waals surface area contributed by atoms with Crippen LogP contribution in [0.1, 0.15) is 29.5 Å². The van der Waals surface area contributed by atoms with Crippen LogP contribution in [0.25, 0.3) is 0 Å². The molecule has 1 aliphatic rings. The first-order valence-corrected chi connectivity index (χ1v) is 9.43. The van der Waals surface area contributed by atoms with Gasteiger partial charge in [0.25, 0.3) is 0 Å². The highest BCUT2D eigenvalue weighted by atomic mass is 16.6. The van der Waals surface area contributed by atoms with Gasteiger partial charge >= 0.3 is 0 Å². The number of pyridine rings is 1. The third-order valence-corrected chi connectivity index (χ3v) is 5.67. The van der Waals surface area contributed by atoms with Gasteiger partial charge in [0, 0.05) is 30.8 Å². The molecule has 0 saturated carbocycles. The van der Waals surface area contributed by atoms with Crippen LogP contribution in [0.2, 0.25) is 0 Å². The van der Waals surface area contributed by atoms with E-state index in [0.717, 1.165) is 23.1 Å². The topological polar surface area (TPSA) is 56.2 Å². The lowest BCUT2D eigenvalue weighted by atomic mass is 9.78. The SMILES string of the molecule is [O-][N@+]1(Cc2cccnc2)CCC[C@@H]1C(O)(c1ccccc1)c1ccccc1. The van der Waals surface area contributed by atoms with Crippen LogP contribution in [-0.4, -0.2) is 27.3 Å². The fraction of sp³-hybridized carbons (Fsp3) is 0.261. The van der Waals surface area contributed by atoms with E-state index in [9.17, 15) is 10.3 Å². The molecule has 4 nitrogen and oxygen atoms in total. The summed E-state index contributed by atoms with van der Waals surface area (Å²) in [5.74, 6) is 0. The molecule has 1 aromatic heterocycles. The van der Waals surface area contributed by atoms with Crippen LogP contribution in [0.4, 0.5) is 0 Å². The molecule has 1 saturated heterocycles. The quantitative estimate of drug-likeness (QED) is 0.553. The Bertz CT molecular complexity index is 831. The third kappa shape index (κ3) is 3.28. The number of hydroxylamine groups is 3. The Labute approximate surface area is 159 Å². The number of aliphatic hydroxyl groups is 1. The Morgan fingerprint density at radius 3 is 2.15 bits per heavy atom. The van der Waals surface area contributed by atoms with E-state index < -0.39 is 16.3 Å². The first kappa shape index (κ1) is 17.9. The van der Waals surface area contributed by atoms with Gasteiger partial charge < -0.3 is 15.0 Å². The number of hydrogen-bond donors (Lipinski definition) is 1. The summed E-state index contributed by atoms with van der Waals surface area (Å²) in [6.07, 6.45) is 4.95. The van der Waals surface area contributed by atoms with E-state index in [1.54, 1.807) is 12.4 Å². The van der Waals surface area contributed by atoms with Gasteiger partial charge in [-0.15, -0.1) is 0 Å². The molecule has 0 radical (unpaired) electrons. The van der Waals surface area contributed by atoms with Crippen molar-refractivity contribution in [2.24, 2.45) is 0 Å². The van der Waals surface area contributed by atoms with E-state index in [2.05, 4.69) is 4.98 Å². The molecule has 1 N–H and O–H groups in total. The van der Waals surface area contributed by atoms with Crippen LogP contribution in [0.5, 0.6) is 0 Å². The molecular weight excluding hydrogens is 336 g/mol. The summed E-state index contributed by atoms with van der Waals surface area (Å²) >= 11 is 0. The second kappa shape index (κ2) is 7.24. The van der Waals surface area contributed by atoms with Crippen LogP contribution in [0.3, 0.4) is 0 Å². The van der Waals surface area contributed by atoms with E-state index >= 15 is 0 Å². The maximum absolute atomic E-state index is 13.9. The molecule has 0 spiro atoms. The van der Waals surface area contributed by atoms with Gasteiger partial charge in [-0.1, -0.05) is 66.7 Å². The van der Waals surface area contributed by atoms with Crippen molar-refractivity contribution in [1.82, 2.24) is 4.98 Å². The van der Waals surface area contributed by atoms with E-state index in [1.165, 1.54) is 0 Å². The molecule has 4 rings (SSSR count). The predicted octanol–water partition coefficient (Wildman–Crippen LogP) is 3.99. The van der Waals surface area contributed by atoms with Gasteiger partial charge in [-0.05, 0) is 17.2 Å². The molecule has 1 fully saturated rings. The minimum Gasteiger partial charge on any atom is -0.632 e. The molecule has 3 aromatic rings. The van der Waals surface area contributed by atoms with E-state index in [4.69, 9.17) is 0 Å². The number of benzene rings is 2. The lowest BCUT2D eigenvalue weighted by Gasteiger charge is -2.50. The minimum atomic E-state index is -1.33. The number of hydrogen-bond acceptors (Lipinski definition) is 3. The summed E-state index contributed by atoms with van der Waals surface area (Å²) in [5, 5.41) is 26.0. The summed E-state index contributed by atoms with van der Waals surface area (Å²) < 4.78 is -0.439. The van der Waals surface area contributed by atoms with Crippen molar-refractivity contribution in [2.45, 2.75) is 31.0 Å². The maximum Gasteiger partial charge on any atom is 0.167 e. The van der Waals surface area contributed by atoms with Crippen molar-refractivity contribution in [2.75, 3.05) is 6.54 Å². The van der Waals surface area contributed by atoms with Gasteiger partial charge in [-0.2, -0.15) is 0 Å². The summed E-state index contributed by atoms with van der Waals surface area (Å²) in [5.41, 5.74) is 1.12. The molecule has 4 heteroatoms. The lowest BCUT2D eigenvalue weighted by molar-refractivity contribution is -0.913. The zero-order valence-electron chi connectivity index (χ0n) is 15.2. The van der Waals surface area contributed by atoms with Crippen molar-refractivity contribution in [3.05, 3.63) is 107 Å². The van der Waals surface area contributed by atoms with E-state index in [1.807, 2.05) is 72.8 Å². The molecule has 27 heavy (non-hydrogen) atoms. The normalized spacial score (nSPS) is 22.7. The highest BCUT2D eigenvalue weighted by molar-refractivity contribution is 5.38. The fourth-order valence-corrected chi connectivity index (χ4v) is 4.42. The van der Waals surface area contributed by atoms with Crippen LogP contribution in [0, 0.1) is 5.21 Å². The predicted molar refractivity (Wildman–Crippen MR) is 105 cm³/mol. The maximum atomic E-state index is 13.9. The van der Waals surface area contributed by atoms with Crippen molar-refractivity contribution < 1.29 is 9.75 Å². The van der Waals surface area contributed by atoms with Gasteiger partial charge in [0.1, 0.15) is 12.6 Å². The molecule has 2 aromatic carbocycles. The summed E-state index contributed by atoms with van der Waals surface area (Å²) in [7, 11) is 0. The molecule has 0 amide bonds. The molecule has 0 unspecified atom stereocenters. The Morgan fingerprint density at radius 2 is 1.59 bits per heavy atom. The van der Waals surface area contributed by atoms with Crippen molar-refractivity contribution >= 4 is 0 Å². The van der Waals surface area contributed by atoms with Gasteiger partial charge in [-0.25, -0.2) is 0 Å². The third-order valence-electron chi connectivity index (χ3n) is 5.67. The second-order valence-electron chi connectivity index (χ2n) is 7.35. The average molecular weight is 360 g/mol. The number of aromatic nitrogens is 1. The van der Waals surface area contributed by atoms with Gasteiger partial charge in [0.2, 0.25) is 0 Å². The molecule has 138 valence electrons. The standard InChI is InChI=1S/C23H24N2O2/c26-23(20-10-3-1-4-11-20,21-12-5-2-6-13-21)22-14-8-16-25(22,27)18-19-9-7-15-24-17-19/h1-7,9-13,15,17,22,26H,8,14,16,18H2/t22-,25+/m1/s1. The van der Waals surface area contributed by atoms with E-state index in [0.29, 0.717) is 19.5 Å². The average Bonchev–Trinajstić information content (AvgIpc) is 3.11. The van der Waals surface area contributed by atoms with Crippen molar-refractivity contribution in [3.8, 4) is 0 Å². The molecule has 1 aliphatic heterocycles. The monoisotopic (exact) mass is 360 g/mol. The van der Waals surface area contributed by atoms with Gasteiger partial charge in [-0.3, -0.25) is 4.98 Å². The Hall–Kier alpha value is -2.53. The number of rotatable bonds is 5. The van der Waals surface area contributed by atoms with Crippen LogP contribution in [0.15, 0.2) is 85.2 Å². The highest BCUT2D eigenvalue weighted by Gasteiger charge is 2.51. The first-order chi connectivity index (χ1) is 13.1. The number of nitrogens with zero attached hydrogens (tertiary/aromatic N) is 2. The minimum absolute atomic E-state index is 0.320. The molecule has 2 heterocycles. The molecule has 2 atom stereocenters.